The second-order valence-electron chi connectivity index (χ2n) is 6.82. The molecule has 1 aliphatic rings. The molecule has 0 aliphatic heterocycles. The first kappa shape index (κ1) is 18.2. The van der Waals surface area contributed by atoms with Crippen LogP contribution in [-0.4, -0.2) is 29.4 Å². The van der Waals surface area contributed by atoms with Gasteiger partial charge in [0, 0.05) is 24.9 Å². The first-order valence-electron chi connectivity index (χ1n) is 9.40. The van der Waals surface area contributed by atoms with Crippen molar-refractivity contribution in [1.82, 2.24) is 10.3 Å². The van der Waals surface area contributed by atoms with Crippen LogP contribution in [0.2, 0.25) is 0 Å². The molecule has 28 heavy (non-hydrogen) atoms. The summed E-state index contributed by atoms with van der Waals surface area (Å²) in [5.41, 5.74) is 5.58. The van der Waals surface area contributed by atoms with Gasteiger partial charge in [-0.2, -0.15) is 0 Å². The normalized spacial score (nSPS) is 13.5. The van der Waals surface area contributed by atoms with Crippen molar-refractivity contribution < 1.29 is 14.6 Å². The number of fused-ring (bicyclic) bond motifs is 3. The maximum atomic E-state index is 12.4. The summed E-state index contributed by atoms with van der Waals surface area (Å²) in [4.78, 5) is 16.5. The summed E-state index contributed by atoms with van der Waals surface area (Å²) in [5.74, 6) is 0.0211. The summed E-state index contributed by atoms with van der Waals surface area (Å²) >= 11 is 0. The lowest BCUT2D eigenvalue weighted by atomic mass is 9.98. The number of carbonyl (C=O) groups excluding carboxylic acids is 1. The third kappa shape index (κ3) is 3.62. The number of carbonyl (C=O) groups is 1. The molecule has 0 fully saturated rings. The molecule has 0 saturated heterocycles. The van der Waals surface area contributed by atoms with Gasteiger partial charge in [0.2, 0.25) is 0 Å². The molecule has 1 unspecified atom stereocenters. The fourth-order valence-electron chi connectivity index (χ4n) is 3.82. The zero-order valence-electron chi connectivity index (χ0n) is 15.4. The topological polar surface area (TPSA) is 71.5 Å². The lowest BCUT2D eigenvalue weighted by Crippen LogP contribution is -2.31. The minimum Gasteiger partial charge on any atom is -0.449 e. The second-order valence-corrected chi connectivity index (χ2v) is 6.82. The van der Waals surface area contributed by atoms with Gasteiger partial charge in [-0.3, -0.25) is 4.98 Å². The molecule has 1 aromatic heterocycles. The number of amides is 1. The molecule has 0 radical (unpaired) electrons. The lowest BCUT2D eigenvalue weighted by Gasteiger charge is -2.19. The number of nitrogens with zero attached hydrogens (tertiary/aromatic N) is 1. The Bertz CT molecular complexity index is 913. The molecular formula is C23H22N2O3. The van der Waals surface area contributed by atoms with E-state index >= 15 is 0 Å². The largest absolute Gasteiger partial charge is 0.449 e. The van der Waals surface area contributed by atoms with Crippen LogP contribution in [0.1, 0.15) is 35.1 Å². The number of aromatic nitrogens is 1. The van der Waals surface area contributed by atoms with E-state index in [0.29, 0.717) is 6.42 Å². The monoisotopic (exact) mass is 374 g/mol. The van der Waals surface area contributed by atoms with Crippen LogP contribution in [0.15, 0.2) is 73.1 Å². The number of nitrogens with one attached hydrogen (secondary N) is 1. The van der Waals surface area contributed by atoms with Gasteiger partial charge >= 0.3 is 6.09 Å². The number of pyridine rings is 1. The van der Waals surface area contributed by atoms with E-state index in [1.54, 1.807) is 18.5 Å². The van der Waals surface area contributed by atoms with Gasteiger partial charge in [0.1, 0.15) is 6.61 Å². The van der Waals surface area contributed by atoms with Gasteiger partial charge in [0.05, 0.1) is 6.04 Å². The number of alkyl carbamates (subject to hydrolysis) is 1. The van der Waals surface area contributed by atoms with Crippen molar-refractivity contribution in [3.63, 3.8) is 0 Å². The average molecular weight is 374 g/mol. The molecule has 0 spiro atoms. The van der Waals surface area contributed by atoms with Crippen molar-refractivity contribution in [2.24, 2.45) is 0 Å². The molecule has 1 heterocycles. The van der Waals surface area contributed by atoms with Gasteiger partial charge in [0.25, 0.3) is 0 Å². The van der Waals surface area contributed by atoms with E-state index in [-0.39, 0.29) is 25.2 Å². The van der Waals surface area contributed by atoms with Gasteiger partial charge in [0.15, 0.2) is 0 Å². The van der Waals surface area contributed by atoms with Crippen molar-refractivity contribution in [2.75, 3.05) is 13.2 Å². The number of ether oxygens (including phenoxy) is 1. The fraction of sp³-hybridized carbons (Fsp3) is 0.217. The maximum absolute atomic E-state index is 12.4. The van der Waals surface area contributed by atoms with E-state index in [4.69, 9.17) is 4.74 Å². The summed E-state index contributed by atoms with van der Waals surface area (Å²) in [6.07, 6.45) is 3.26. The Hall–Kier alpha value is -3.18. The summed E-state index contributed by atoms with van der Waals surface area (Å²) in [6, 6.07) is 19.8. The molecule has 1 aliphatic carbocycles. The SMILES string of the molecule is O=C(NC(CCO)c1cccnc1)OCC1c2ccccc2-c2ccccc21. The molecule has 2 N–H and O–H groups in total. The molecule has 3 aromatic rings. The molecule has 0 bridgehead atoms. The third-order valence-electron chi connectivity index (χ3n) is 5.14. The Labute approximate surface area is 164 Å². The van der Waals surface area contributed by atoms with E-state index in [1.165, 1.54) is 22.3 Å². The smallest absolute Gasteiger partial charge is 0.407 e. The number of hydrogen-bond acceptors (Lipinski definition) is 4. The number of rotatable bonds is 6. The highest BCUT2D eigenvalue weighted by Crippen LogP contribution is 2.44. The summed E-state index contributed by atoms with van der Waals surface area (Å²) < 4.78 is 5.59. The molecular weight excluding hydrogens is 352 g/mol. The van der Waals surface area contributed by atoms with Crippen molar-refractivity contribution in [1.29, 1.82) is 0 Å². The van der Waals surface area contributed by atoms with Crippen LogP contribution in [0.5, 0.6) is 0 Å². The highest BCUT2D eigenvalue weighted by molar-refractivity contribution is 5.79. The van der Waals surface area contributed by atoms with Gasteiger partial charge < -0.3 is 15.2 Å². The maximum Gasteiger partial charge on any atom is 0.407 e. The van der Waals surface area contributed by atoms with Crippen LogP contribution in [0.3, 0.4) is 0 Å². The predicted molar refractivity (Wildman–Crippen MR) is 107 cm³/mol. The van der Waals surface area contributed by atoms with Gasteiger partial charge in [-0.1, -0.05) is 54.6 Å². The van der Waals surface area contributed by atoms with Gasteiger partial charge in [-0.25, -0.2) is 4.79 Å². The van der Waals surface area contributed by atoms with Crippen molar-refractivity contribution in [3.05, 3.63) is 89.7 Å². The lowest BCUT2D eigenvalue weighted by molar-refractivity contribution is 0.136. The zero-order valence-corrected chi connectivity index (χ0v) is 15.4. The first-order valence-corrected chi connectivity index (χ1v) is 9.40. The Kier molecular flexibility index (Phi) is 5.35. The van der Waals surface area contributed by atoms with E-state index in [1.807, 2.05) is 30.3 Å². The average Bonchev–Trinajstić information content (AvgIpc) is 3.06. The molecule has 4 rings (SSSR count). The molecule has 142 valence electrons. The Morgan fingerprint density at radius 2 is 1.71 bits per heavy atom. The minimum absolute atomic E-state index is 0.0211. The van der Waals surface area contributed by atoms with Crippen LogP contribution in [0, 0.1) is 0 Å². The molecule has 1 amide bonds. The quantitative estimate of drug-likeness (QED) is 0.683. The van der Waals surface area contributed by atoms with E-state index in [9.17, 15) is 9.90 Å². The van der Waals surface area contributed by atoms with Gasteiger partial charge in [-0.15, -0.1) is 0 Å². The molecule has 5 heteroatoms. The van der Waals surface area contributed by atoms with E-state index < -0.39 is 6.09 Å². The van der Waals surface area contributed by atoms with Crippen LogP contribution in [-0.2, 0) is 4.74 Å². The zero-order chi connectivity index (χ0) is 19.3. The Morgan fingerprint density at radius 1 is 1.04 bits per heavy atom. The number of aliphatic hydroxyl groups is 1. The summed E-state index contributed by atoms with van der Waals surface area (Å²) in [5, 5.41) is 12.2. The van der Waals surface area contributed by atoms with Crippen LogP contribution in [0.4, 0.5) is 4.79 Å². The fourth-order valence-corrected chi connectivity index (χ4v) is 3.82. The molecule has 2 aromatic carbocycles. The van der Waals surface area contributed by atoms with Crippen LogP contribution < -0.4 is 5.32 Å². The van der Waals surface area contributed by atoms with Gasteiger partial charge in [-0.05, 0) is 40.3 Å². The third-order valence-corrected chi connectivity index (χ3v) is 5.14. The number of hydrogen-bond donors (Lipinski definition) is 2. The van der Waals surface area contributed by atoms with Crippen LogP contribution in [0.25, 0.3) is 11.1 Å². The van der Waals surface area contributed by atoms with E-state index in [0.717, 1.165) is 5.56 Å². The predicted octanol–water partition coefficient (Wildman–Crippen LogP) is 4.04. The highest BCUT2D eigenvalue weighted by Gasteiger charge is 2.29. The van der Waals surface area contributed by atoms with E-state index in [2.05, 4.69) is 34.6 Å². The van der Waals surface area contributed by atoms with Crippen molar-refractivity contribution in [2.45, 2.75) is 18.4 Å². The Balaban J connectivity index is 1.46. The Morgan fingerprint density at radius 3 is 2.32 bits per heavy atom. The summed E-state index contributed by atoms with van der Waals surface area (Å²) in [7, 11) is 0. The first-order chi connectivity index (χ1) is 13.8. The molecule has 0 saturated carbocycles. The molecule has 5 nitrogen and oxygen atoms in total. The van der Waals surface area contributed by atoms with Crippen molar-refractivity contribution in [3.8, 4) is 11.1 Å². The van der Waals surface area contributed by atoms with Crippen LogP contribution >= 0.6 is 0 Å². The number of benzene rings is 2. The second kappa shape index (κ2) is 8.23. The minimum atomic E-state index is -0.496. The summed E-state index contributed by atoms with van der Waals surface area (Å²) in [6.45, 7) is 0.224. The molecule has 1 atom stereocenters. The van der Waals surface area contributed by atoms with Crippen molar-refractivity contribution >= 4 is 6.09 Å². The highest BCUT2D eigenvalue weighted by atomic mass is 16.5. The standard InChI is InChI=1S/C23H22N2O3/c26-13-11-22(16-6-5-12-24-14-16)25-23(27)28-15-21-19-9-3-1-7-17(19)18-8-2-4-10-20(18)21/h1-10,12,14,21-22,26H,11,13,15H2,(H,25,27). The number of aliphatic hydroxyl groups excluding tert-OH is 1.